The summed E-state index contributed by atoms with van der Waals surface area (Å²) in [5, 5.41) is 0. The van der Waals surface area contributed by atoms with Gasteiger partial charge in [-0.15, -0.1) is 0 Å². The molecule has 62 valence electrons. The Kier molecular flexibility index (Phi) is 6.08. The number of rotatable bonds is 6. The third-order valence-electron chi connectivity index (χ3n) is 1.02. The van der Waals surface area contributed by atoms with Gasteiger partial charge in [-0.1, -0.05) is 6.58 Å². The molecule has 0 amide bonds. The van der Waals surface area contributed by atoms with Gasteiger partial charge in [0.2, 0.25) is 0 Å². The highest BCUT2D eigenvalue weighted by Gasteiger charge is 1.89. The smallest absolute Gasteiger partial charge is 0.293 e. The Labute approximate surface area is 66.3 Å². The van der Waals surface area contributed by atoms with Crippen molar-refractivity contribution in [3.63, 3.8) is 0 Å². The van der Waals surface area contributed by atoms with Gasteiger partial charge in [-0.2, -0.15) is 0 Å². The van der Waals surface area contributed by atoms with Gasteiger partial charge in [-0.3, -0.25) is 4.79 Å². The van der Waals surface area contributed by atoms with Gasteiger partial charge in [-0.05, 0) is 19.1 Å². The molecular weight excluding hydrogens is 144 g/mol. The second-order valence-corrected chi connectivity index (χ2v) is 1.71. The Morgan fingerprint density at radius 2 is 2.27 bits per heavy atom. The zero-order chi connectivity index (χ0) is 8.53. The van der Waals surface area contributed by atoms with E-state index in [4.69, 9.17) is 4.74 Å². The first-order valence-electron chi connectivity index (χ1n) is 3.32. The van der Waals surface area contributed by atoms with E-state index in [-0.39, 0.29) is 6.61 Å². The summed E-state index contributed by atoms with van der Waals surface area (Å²) in [5.74, 6) is 0.694. The number of allylic oxidation sites excluding steroid dienone is 2. The Hall–Kier alpha value is -1.25. The summed E-state index contributed by atoms with van der Waals surface area (Å²) in [7, 11) is 0. The SMILES string of the molecule is C=C/C(=C\C)OCCOC=O. The number of carbonyl (C=O) groups excluding carboxylic acids is 1. The van der Waals surface area contributed by atoms with Crippen LogP contribution in [0.2, 0.25) is 0 Å². The average Bonchev–Trinajstić information content (AvgIpc) is 2.05. The summed E-state index contributed by atoms with van der Waals surface area (Å²) in [6.45, 7) is 6.41. The summed E-state index contributed by atoms with van der Waals surface area (Å²) in [4.78, 5) is 9.68. The van der Waals surface area contributed by atoms with Crippen LogP contribution in [0.25, 0.3) is 0 Å². The van der Waals surface area contributed by atoms with Crippen molar-refractivity contribution in [2.45, 2.75) is 6.92 Å². The molecule has 0 spiro atoms. The number of hydrogen-bond acceptors (Lipinski definition) is 3. The molecule has 0 atom stereocenters. The Bertz CT molecular complexity index is 149. The Morgan fingerprint density at radius 1 is 1.55 bits per heavy atom. The zero-order valence-electron chi connectivity index (χ0n) is 6.58. The van der Waals surface area contributed by atoms with Crippen molar-refractivity contribution >= 4 is 6.47 Å². The molecule has 0 aromatic heterocycles. The van der Waals surface area contributed by atoms with Gasteiger partial charge >= 0.3 is 0 Å². The monoisotopic (exact) mass is 156 g/mol. The minimum atomic E-state index is 0.272. The van der Waals surface area contributed by atoms with E-state index in [1.165, 1.54) is 0 Å². The molecule has 0 fully saturated rings. The van der Waals surface area contributed by atoms with Crippen LogP contribution in [0, 0.1) is 0 Å². The fraction of sp³-hybridized carbons (Fsp3) is 0.375. The third-order valence-corrected chi connectivity index (χ3v) is 1.02. The van der Waals surface area contributed by atoms with Gasteiger partial charge in [0.15, 0.2) is 0 Å². The van der Waals surface area contributed by atoms with Gasteiger partial charge in [0.25, 0.3) is 6.47 Å². The minimum Gasteiger partial charge on any atom is -0.490 e. The maximum absolute atomic E-state index is 9.68. The van der Waals surface area contributed by atoms with Crippen molar-refractivity contribution in [1.82, 2.24) is 0 Å². The predicted octanol–water partition coefficient (Wildman–Crippen LogP) is 1.27. The lowest BCUT2D eigenvalue weighted by Crippen LogP contribution is -2.01. The van der Waals surface area contributed by atoms with E-state index in [1.807, 2.05) is 6.92 Å². The quantitative estimate of drug-likeness (QED) is 0.251. The molecule has 0 aliphatic heterocycles. The van der Waals surface area contributed by atoms with Crippen LogP contribution in [0.4, 0.5) is 0 Å². The molecule has 0 bridgehead atoms. The van der Waals surface area contributed by atoms with E-state index in [1.54, 1.807) is 12.2 Å². The molecule has 3 nitrogen and oxygen atoms in total. The molecule has 0 radical (unpaired) electrons. The van der Waals surface area contributed by atoms with Crippen LogP contribution in [-0.4, -0.2) is 19.7 Å². The molecular formula is C8H12O3. The highest BCUT2D eigenvalue weighted by atomic mass is 16.5. The van der Waals surface area contributed by atoms with Crippen LogP contribution >= 0.6 is 0 Å². The van der Waals surface area contributed by atoms with Gasteiger partial charge in [-0.25, -0.2) is 0 Å². The topological polar surface area (TPSA) is 35.5 Å². The summed E-state index contributed by atoms with van der Waals surface area (Å²) in [6.07, 6.45) is 3.38. The van der Waals surface area contributed by atoms with Crippen LogP contribution in [0.5, 0.6) is 0 Å². The molecule has 0 aromatic carbocycles. The number of carbonyl (C=O) groups is 1. The molecule has 0 heterocycles. The Morgan fingerprint density at radius 3 is 2.73 bits per heavy atom. The lowest BCUT2D eigenvalue weighted by Gasteiger charge is -2.03. The van der Waals surface area contributed by atoms with E-state index >= 15 is 0 Å². The van der Waals surface area contributed by atoms with Crippen LogP contribution in [0.3, 0.4) is 0 Å². The molecule has 0 unspecified atom stereocenters. The highest BCUT2D eigenvalue weighted by Crippen LogP contribution is 1.96. The largest absolute Gasteiger partial charge is 0.490 e. The van der Waals surface area contributed by atoms with E-state index in [0.29, 0.717) is 18.8 Å². The first-order valence-corrected chi connectivity index (χ1v) is 3.32. The minimum absolute atomic E-state index is 0.272. The van der Waals surface area contributed by atoms with Gasteiger partial charge in [0, 0.05) is 0 Å². The summed E-state index contributed by atoms with van der Waals surface area (Å²) >= 11 is 0. The maximum atomic E-state index is 9.68. The van der Waals surface area contributed by atoms with Crippen LogP contribution in [0.15, 0.2) is 24.5 Å². The fourth-order valence-corrected chi connectivity index (χ4v) is 0.516. The van der Waals surface area contributed by atoms with Crippen molar-refractivity contribution in [2.24, 2.45) is 0 Å². The molecule has 0 N–H and O–H groups in total. The van der Waals surface area contributed by atoms with E-state index in [2.05, 4.69) is 11.3 Å². The molecule has 0 aliphatic rings. The van der Waals surface area contributed by atoms with Crippen molar-refractivity contribution in [3.8, 4) is 0 Å². The zero-order valence-corrected chi connectivity index (χ0v) is 6.58. The summed E-state index contributed by atoms with van der Waals surface area (Å²) in [6, 6.07) is 0. The lowest BCUT2D eigenvalue weighted by molar-refractivity contribution is -0.129. The highest BCUT2D eigenvalue weighted by molar-refractivity contribution is 5.36. The predicted molar refractivity (Wildman–Crippen MR) is 41.9 cm³/mol. The fourth-order valence-electron chi connectivity index (χ4n) is 0.516. The van der Waals surface area contributed by atoms with Crippen molar-refractivity contribution < 1.29 is 14.3 Å². The number of hydrogen-bond donors (Lipinski definition) is 0. The maximum Gasteiger partial charge on any atom is 0.293 e. The van der Waals surface area contributed by atoms with Crippen LogP contribution < -0.4 is 0 Å². The molecule has 0 saturated carbocycles. The van der Waals surface area contributed by atoms with E-state index in [9.17, 15) is 4.79 Å². The first-order chi connectivity index (χ1) is 5.35. The molecule has 3 heteroatoms. The third kappa shape index (κ3) is 5.21. The summed E-state index contributed by atoms with van der Waals surface area (Å²) < 4.78 is 9.51. The van der Waals surface area contributed by atoms with E-state index < -0.39 is 0 Å². The van der Waals surface area contributed by atoms with Gasteiger partial charge in [0.05, 0.1) is 0 Å². The molecule has 0 rings (SSSR count). The second kappa shape index (κ2) is 6.86. The van der Waals surface area contributed by atoms with Crippen molar-refractivity contribution in [2.75, 3.05) is 13.2 Å². The lowest BCUT2D eigenvalue weighted by atomic mass is 10.4. The second-order valence-electron chi connectivity index (χ2n) is 1.71. The van der Waals surface area contributed by atoms with Crippen molar-refractivity contribution in [1.29, 1.82) is 0 Å². The van der Waals surface area contributed by atoms with Gasteiger partial charge in [0.1, 0.15) is 19.0 Å². The Balaban J connectivity index is 3.36. The molecule has 0 aliphatic carbocycles. The van der Waals surface area contributed by atoms with Gasteiger partial charge < -0.3 is 9.47 Å². The number of ether oxygens (including phenoxy) is 2. The van der Waals surface area contributed by atoms with Crippen molar-refractivity contribution in [3.05, 3.63) is 24.5 Å². The standard InChI is InChI=1S/C8H12O3/c1-3-8(4-2)11-6-5-10-7-9/h3-4,7H,1,5-6H2,2H3/b8-4+. The molecule has 0 saturated heterocycles. The molecule has 11 heavy (non-hydrogen) atoms. The molecule has 0 aromatic rings. The van der Waals surface area contributed by atoms with Crippen LogP contribution in [-0.2, 0) is 14.3 Å². The normalized spacial score (nSPS) is 10.5. The van der Waals surface area contributed by atoms with E-state index in [0.717, 1.165) is 0 Å². The summed E-state index contributed by atoms with van der Waals surface area (Å²) in [5.41, 5.74) is 0. The first kappa shape index (κ1) is 9.75. The van der Waals surface area contributed by atoms with Crippen LogP contribution in [0.1, 0.15) is 6.92 Å². The average molecular weight is 156 g/mol.